The van der Waals surface area contributed by atoms with Crippen molar-refractivity contribution in [3.8, 4) is 0 Å². The van der Waals surface area contributed by atoms with Gasteiger partial charge in [-0.1, -0.05) is 85.4 Å². The van der Waals surface area contributed by atoms with E-state index in [-0.39, 0.29) is 11.6 Å². The van der Waals surface area contributed by atoms with Gasteiger partial charge in [0.15, 0.2) is 0 Å². The fourth-order valence-electron chi connectivity index (χ4n) is 4.11. The molecule has 0 saturated heterocycles. The van der Waals surface area contributed by atoms with Gasteiger partial charge in [-0.2, -0.15) is 5.10 Å². The third-order valence-corrected chi connectivity index (χ3v) is 6.59. The fourth-order valence-corrected chi connectivity index (χ4v) is 4.11. The normalized spacial score (nSPS) is 18.2. The fraction of sp³-hybridized carbons (Fsp3) is 0.447. The van der Waals surface area contributed by atoms with Gasteiger partial charge >= 0.3 is 0 Å². The summed E-state index contributed by atoms with van der Waals surface area (Å²) < 4.78 is 0. The Balaban J connectivity index is 0. The van der Waals surface area contributed by atoms with E-state index in [0.29, 0.717) is 17.7 Å². The third-order valence-electron chi connectivity index (χ3n) is 6.59. The van der Waals surface area contributed by atoms with Crippen LogP contribution in [0.15, 0.2) is 106 Å². The van der Waals surface area contributed by atoms with Crippen molar-refractivity contribution in [2.45, 2.75) is 95.4 Å². The van der Waals surface area contributed by atoms with Gasteiger partial charge in [-0.3, -0.25) is 9.59 Å². The highest BCUT2D eigenvalue weighted by Crippen LogP contribution is 2.25. The highest BCUT2D eigenvalue weighted by Gasteiger charge is 2.16. The summed E-state index contributed by atoms with van der Waals surface area (Å²) in [4.78, 5) is 28.1. The zero-order valence-electron chi connectivity index (χ0n) is 29.8. The molecule has 1 atom stereocenters. The predicted octanol–water partition coefficient (Wildman–Crippen LogP) is 9.42. The Kier molecular flexibility index (Phi) is 25.1. The molecule has 1 aliphatic carbocycles. The molecule has 1 aromatic carbocycles. The molecule has 0 heterocycles. The average Bonchev–Trinajstić information content (AvgIpc) is 3.09. The van der Waals surface area contributed by atoms with E-state index in [2.05, 4.69) is 41.2 Å². The average molecular weight is 621 g/mol. The first-order chi connectivity index (χ1) is 21.7. The van der Waals surface area contributed by atoms with Crippen LogP contribution in [0.2, 0.25) is 0 Å². The Morgan fingerprint density at radius 1 is 1.04 bits per heavy atom. The first kappa shape index (κ1) is 43.0. The number of nitrogens with one attached hydrogen (secondary N) is 2. The summed E-state index contributed by atoms with van der Waals surface area (Å²) in [6, 6.07) is 8.73. The molecule has 0 spiro atoms. The lowest BCUT2D eigenvalue weighted by Gasteiger charge is -2.21. The van der Waals surface area contributed by atoms with Crippen LogP contribution in [-0.2, 0) is 4.79 Å². The van der Waals surface area contributed by atoms with Gasteiger partial charge in [0, 0.05) is 30.3 Å². The van der Waals surface area contributed by atoms with Gasteiger partial charge in [-0.25, -0.2) is 5.43 Å². The Bertz CT molecular complexity index is 1200. The van der Waals surface area contributed by atoms with Gasteiger partial charge < -0.3 is 15.3 Å². The van der Waals surface area contributed by atoms with Crippen LogP contribution < -0.4 is 10.7 Å². The van der Waals surface area contributed by atoms with Crippen LogP contribution in [0.3, 0.4) is 0 Å². The second kappa shape index (κ2) is 26.3. The SMILES string of the molecule is C=C\C(=C/C=C(C)/C=C(/NC(=O)c1ccccc1)C(=O)N/N=C/C1=C/C/C(C)=C(/O)C(C)CC1)N(CC)CC.CC.CC.CC. The standard InChI is InChI=1S/C32H42N4O3.3C2H6/c1-7-28(36(8-2)9-3)20-15-23(4)21-29(34-31(38)27-13-11-10-12-14-27)32(39)35-33-22-26-18-16-24(5)30(37)25(6)17-19-26;3*1-2/h7,10-15,18,20-22,25,37H,1,8-9,16-17,19H2,2-6H3,(H,34,38)(H,35,39);3*1-2H3/b23-15+,26-18+,28-20+,29-21+,30-24+,33-22+;;;. The molecule has 0 radical (unpaired) electrons. The second-order valence-electron chi connectivity index (χ2n) is 9.54. The molecule has 1 unspecified atom stereocenters. The molecule has 3 N–H and O–H groups in total. The smallest absolute Gasteiger partial charge is 0.287 e. The number of hydrogen-bond donors (Lipinski definition) is 3. The topological polar surface area (TPSA) is 94.0 Å². The Hall–Kier alpha value is -4.13. The van der Waals surface area contributed by atoms with Crippen LogP contribution in [0.5, 0.6) is 0 Å². The van der Waals surface area contributed by atoms with Crippen LogP contribution in [0.1, 0.15) is 106 Å². The number of hydrogen-bond acceptors (Lipinski definition) is 5. The van der Waals surface area contributed by atoms with E-state index in [1.165, 1.54) is 0 Å². The minimum absolute atomic E-state index is 0.0755. The van der Waals surface area contributed by atoms with E-state index in [9.17, 15) is 14.7 Å². The van der Waals surface area contributed by atoms with E-state index in [4.69, 9.17) is 0 Å². The zero-order valence-corrected chi connectivity index (χ0v) is 29.8. The van der Waals surface area contributed by atoms with E-state index in [1.54, 1.807) is 42.6 Å². The lowest BCUT2D eigenvalue weighted by molar-refractivity contribution is -0.117. The second-order valence-corrected chi connectivity index (χ2v) is 9.54. The Labute approximate surface area is 274 Å². The molecule has 0 saturated carbocycles. The van der Waals surface area contributed by atoms with E-state index in [1.807, 2.05) is 86.6 Å². The molecule has 45 heavy (non-hydrogen) atoms. The van der Waals surface area contributed by atoms with E-state index < -0.39 is 11.8 Å². The maximum atomic E-state index is 13.1. The molecule has 2 rings (SSSR count). The quantitative estimate of drug-likeness (QED) is 0.0994. The molecular formula is C38H60N4O3. The molecule has 1 aromatic rings. The van der Waals surface area contributed by atoms with Crippen molar-refractivity contribution >= 4 is 18.0 Å². The number of amides is 2. The molecule has 0 aliphatic heterocycles. The van der Waals surface area contributed by atoms with Gasteiger partial charge in [-0.05, 0) is 94.0 Å². The summed E-state index contributed by atoms with van der Waals surface area (Å²) >= 11 is 0. The molecule has 1 aliphatic rings. The number of rotatable bonds is 11. The third kappa shape index (κ3) is 16.5. The van der Waals surface area contributed by atoms with Crippen molar-refractivity contribution in [2.75, 3.05) is 13.1 Å². The molecule has 0 aromatic heterocycles. The number of allylic oxidation sites excluding steroid dienone is 9. The van der Waals surface area contributed by atoms with Gasteiger partial charge in [0.25, 0.3) is 11.8 Å². The molecule has 0 bridgehead atoms. The van der Waals surface area contributed by atoms with Crippen LogP contribution in [0.25, 0.3) is 0 Å². The van der Waals surface area contributed by atoms with E-state index in [0.717, 1.165) is 48.3 Å². The number of aliphatic hydroxyl groups is 1. The minimum Gasteiger partial charge on any atom is -0.512 e. The summed E-state index contributed by atoms with van der Waals surface area (Å²) in [5.41, 5.74) is 6.71. The molecule has 7 heteroatoms. The molecule has 7 nitrogen and oxygen atoms in total. The maximum Gasteiger partial charge on any atom is 0.287 e. The number of nitrogens with zero attached hydrogens (tertiary/aromatic N) is 2. The Morgan fingerprint density at radius 2 is 1.64 bits per heavy atom. The van der Waals surface area contributed by atoms with Gasteiger partial charge in [0.1, 0.15) is 5.70 Å². The molecule has 0 fully saturated rings. The minimum atomic E-state index is -0.534. The number of aliphatic hydroxyl groups excluding tert-OH is 1. The highest BCUT2D eigenvalue weighted by molar-refractivity contribution is 6.03. The summed E-state index contributed by atoms with van der Waals surface area (Å²) in [5, 5.41) is 17.1. The van der Waals surface area contributed by atoms with Crippen molar-refractivity contribution in [1.29, 1.82) is 0 Å². The maximum absolute atomic E-state index is 13.1. The van der Waals surface area contributed by atoms with E-state index >= 15 is 0 Å². The number of carbonyl (C=O) groups is 2. The predicted molar refractivity (Wildman–Crippen MR) is 194 cm³/mol. The number of carbonyl (C=O) groups excluding carboxylic acids is 2. The van der Waals surface area contributed by atoms with Gasteiger partial charge in [0.2, 0.25) is 0 Å². The van der Waals surface area contributed by atoms with Crippen LogP contribution in [0.4, 0.5) is 0 Å². The summed E-state index contributed by atoms with van der Waals surface area (Å²) in [6.45, 7) is 27.5. The van der Waals surface area contributed by atoms with Crippen molar-refractivity contribution in [2.24, 2.45) is 11.0 Å². The molecule has 250 valence electrons. The number of likely N-dealkylation sites (N-methyl/N-ethyl adjacent to an activating group) is 1. The molecular weight excluding hydrogens is 560 g/mol. The van der Waals surface area contributed by atoms with Crippen LogP contribution in [-0.4, -0.2) is 41.1 Å². The summed E-state index contributed by atoms with van der Waals surface area (Å²) in [7, 11) is 0. The largest absolute Gasteiger partial charge is 0.512 e. The van der Waals surface area contributed by atoms with Crippen molar-refractivity contribution in [3.63, 3.8) is 0 Å². The van der Waals surface area contributed by atoms with Crippen LogP contribution in [0, 0.1) is 5.92 Å². The first-order valence-corrected chi connectivity index (χ1v) is 16.4. The van der Waals surface area contributed by atoms with Crippen molar-refractivity contribution in [1.82, 2.24) is 15.6 Å². The summed E-state index contributed by atoms with van der Waals surface area (Å²) in [5.74, 6) is -0.395. The highest BCUT2D eigenvalue weighted by atomic mass is 16.3. The van der Waals surface area contributed by atoms with Gasteiger partial charge in [-0.15, -0.1) is 0 Å². The lowest BCUT2D eigenvalue weighted by atomic mass is 9.92. The van der Waals surface area contributed by atoms with Crippen molar-refractivity contribution in [3.05, 3.63) is 107 Å². The number of benzene rings is 1. The first-order valence-electron chi connectivity index (χ1n) is 16.4. The zero-order chi connectivity index (χ0) is 34.8. The van der Waals surface area contributed by atoms with Gasteiger partial charge in [0.05, 0.1) is 12.0 Å². The molecule has 2 amide bonds. The number of hydrazone groups is 1. The van der Waals surface area contributed by atoms with Crippen molar-refractivity contribution < 1.29 is 14.7 Å². The monoisotopic (exact) mass is 620 g/mol. The summed E-state index contributed by atoms with van der Waals surface area (Å²) in [6.07, 6.45) is 13.0. The lowest BCUT2D eigenvalue weighted by Crippen LogP contribution is -2.33. The van der Waals surface area contributed by atoms with Crippen LogP contribution >= 0.6 is 0 Å². The Morgan fingerprint density at radius 3 is 2.20 bits per heavy atom.